The largest absolute Gasteiger partial charge is 0.350 e. The highest BCUT2D eigenvalue weighted by Crippen LogP contribution is 2.23. The van der Waals surface area contributed by atoms with Gasteiger partial charge in [0.25, 0.3) is 11.6 Å². The number of nitrogens with zero attached hydrogens (tertiary/aromatic N) is 2. The molecule has 1 aromatic rings. The number of nitrogens with one attached hydrogen (secondary N) is 2. The molecule has 0 radical (unpaired) electrons. The van der Waals surface area contributed by atoms with Crippen molar-refractivity contribution in [3.63, 3.8) is 0 Å². The summed E-state index contributed by atoms with van der Waals surface area (Å²) in [5.74, 6) is -1.33. The minimum Gasteiger partial charge on any atom is -0.350 e. The first-order valence-corrected chi connectivity index (χ1v) is 11.6. The number of piperidine rings is 1. The lowest BCUT2D eigenvalue weighted by Crippen LogP contribution is -2.55. The molecule has 0 saturated carbocycles. The smallest absolute Gasteiger partial charge is 0.270 e. The van der Waals surface area contributed by atoms with Gasteiger partial charge in [0.1, 0.15) is 6.04 Å². The average molecular weight is 461 g/mol. The van der Waals surface area contributed by atoms with Crippen LogP contribution in [0.3, 0.4) is 0 Å². The molecule has 1 heterocycles. The first kappa shape index (κ1) is 24.0. The molecule has 2 amide bonds. The van der Waals surface area contributed by atoms with Crippen LogP contribution in [0.5, 0.6) is 0 Å². The quantitative estimate of drug-likeness (QED) is 0.467. The summed E-state index contributed by atoms with van der Waals surface area (Å²) in [5, 5.41) is 16.2. The van der Waals surface area contributed by atoms with Crippen LogP contribution in [0.4, 0.5) is 5.69 Å². The number of carbonyl (C=O) groups is 2. The Kier molecular flexibility index (Phi) is 7.78. The standard InChI is InChI=1S/C18H25ClN4O6S/c1-11(2)16(18(25)20-12-5-4-8-22(10-12)30(3,28)29)21-17(24)14-7-6-13(23(26)27)9-15(14)19/h6-7,9,11-12,16H,4-5,8,10H2,1-3H3,(H,20,25)(H,21,24). The Bertz CT molecular complexity index is 937. The molecule has 0 spiro atoms. The second-order valence-electron chi connectivity index (χ2n) is 7.59. The molecule has 2 atom stereocenters. The molecule has 2 unspecified atom stereocenters. The van der Waals surface area contributed by atoms with Crippen molar-refractivity contribution in [1.82, 2.24) is 14.9 Å². The third-order valence-electron chi connectivity index (χ3n) is 4.84. The predicted molar refractivity (Wildman–Crippen MR) is 112 cm³/mol. The van der Waals surface area contributed by atoms with Gasteiger partial charge in [-0.25, -0.2) is 12.7 Å². The lowest BCUT2D eigenvalue weighted by atomic mass is 10.0. The van der Waals surface area contributed by atoms with Crippen LogP contribution in [0.2, 0.25) is 5.02 Å². The minimum atomic E-state index is -3.35. The molecule has 1 saturated heterocycles. The van der Waals surface area contributed by atoms with Crippen LogP contribution in [0.25, 0.3) is 0 Å². The summed E-state index contributed by atoms with van der Waals surface area (Å²) in [6.07, 6.45) is 2.38. The molecule has 2 N–H and O–H groups in total. The van der Waals surface area contributed by atoms with Crippen LogP contribution in [0.15, 0.2) is 18.2 Å². The fourth-order valence-corrected chi connectivity index (χ4v) is 4.38. The van der Waals surface area contributed by atoms with Gasteiger partial charge in [0.05, 0.1) is 21.8 Å². The van der Waals surface area contributed by atoms with E-state index in [2.05, 4.69) is 10.6 Å². The summed E-state index contributed by atoms with van der Waals surface area (Å²) < 4.78 is 24.8. The number of benzene rings is 1. The van der Waals surface area contributed by atoms with Gasteiger partial charge in [-0.05, 0) is 24.8 Å². The number of sulfonamides is 1. The molecule has 10 nitrogen and oxygen atoms in total. The van der Waals surface area contributed by atoms with E-state index in [9.17, 15) is 28.1 Å². The number of rotatable bonds is 7. The van der Waals surface area contributed by atoms with Crippen LogP contribution >= 0.6 is 11.6 Å². The number of non-ortho nitro benzene ring substituents is 1. The van der Waals surface area contributed by atoms with Gasteiger partial charge in [0.2, 0.25) is 15.9 Å². The number of carbonyl (C=O) groups excluding carboxylic acids is 2. The van der Waals surface area contributed by atoms with E-state index in [1.54, 1.807) is 13.8 Å². The normalized spacial score (nSPS) is 18.6. The van der Waals surface area contributed by atoms with Crippen molar-refractivity contribution in [1.29, 1.82) is 0 Å². The highest BCUT2D eigenvalue weighted by Gasteiger charge is 2.31. The maximum absolute atomic E-state index is 12.8. The zero-order chi connectivity index (χ0) is 22.6. The van der Waals surface area contributed by atoms with E-state index in [1.807, 2.05) is 0 Å². The second kappa shape index (κ2) is 9.71. The molecule has 1 aliphatic rings. The van der Waals surface area contributed by atoms with Crippen LogP contribution in [-0.2, 0) is 14.8 Å². The summed E-state index contributed by atoms with van der Waals surface area (Å²) in [4.78, 5) is 35.6. The SMILES string of the molecule is CC(C)C(NC(=O)c1ccc([N+](=O)[O-])cc1Cl)C(=O)NC1CCCN(S(C)(=O)=O)C1. The molecule has 1 fully saturated rings. The lowest BCUT2D eigenvalue weighted by Gasteiger charge is -2.33. The maximum Gasteiger partial charge on any atom is 0.270 e. The maximum atomic E-state index is 12.8. The van der Waals surface area contributed by atoms with Gasteiger partial charge >= 0.3 is 0 Å². The van der Waals surface area contributed by atoms with Gasteiger partial charge in [0.15, 0.2) is 0 Å². The number of nitro groups is 1. The number of hydrogen-bond donors (Lipinski definition) is 2. The van der Waals surface area contributed by atoms with Crippen molar-refractivity contribution >= 4 is 39.1 Å². The summed E-state index contributed by atoms with van der Waals surface area (Å²) in [7, 11) is -3.35. The van der Waals surface area contributed by atoms with Gasteiger partial charge in [-0.2, -0.15) is 0 Å². The van der Waals surface area contributed by atoms with E-state index in [0.717, 1.165) is 18.4 Å². The topological polar surface area (TPSA) is 139 Å². The first-order valence-electron chi connectivity index (χ1n) is 9.40. The number of nitro benzene ring substituents is 1. The summed E-state index contributed by atoms with van der Waals surface area (Å²) in [6, 6.07) is 2.21. The summed E-state index contributed by atoms with van der Waals surface area (Å²) in [6.45, 7) is 4.10. The van der Waals surface area contributed by atoms with Crippen LogP contribution in [0, 0.1) is 16.0 Å². The van der Waals surface area contributed by atoms with E-state index in [-0.39, 0.29) is 34.8 Å². The van der Waals surface area contributed by atoms with E-state index >= 15 is 0 Å². The molecule has 166 valence electrons. The van der Waals surface area contributed by atoms with Crippen molar-refractivity contribution in [2.24, 2.45) is 5.92 Å². The molecule has 0 bridgehead atoms. The zero-order valence-electron chi connectivity index (χ0n) is 16.9. The molecule has 1 aromatic carbocycles. The Morgan fingerprint density at radius 1 is 1.33 bits per heavy atom. The predicted octanol–water partition coefficient (Wildman–Crippen LogP) is 1.54. The van der Waals surface area contributed by atoms with E-state index in [4.69, 9.17) is 11.6 Å². The van der Waals surface area contributed by atoms with Crippen LogP contribution in [-0.4, -0.2) is 60.9 Å². The molecular formula is C18H25ClN4O6S. The first-order chi connectivity index (χ1) is 13.9. The third kappa shape index (κ3) is 6.13. The molecule has 30 heavy (non-hydrogen) atoms. The van der Waals surface area contributed by atoms with Crippen molar-refractivity contribution in [3.05, 3.63) is 38.9 Å². The monoisotopic (exact) mass is 460 g/mol. The Labute approximate surface area is 180 Å². The van der Waals surface area contributed by atoms with Crippen molar-refractivity contribution in [3.8, 4) is 0 Å². The van der Waals surface area contributed by atoms with Crippen molar-refractivity contribution < 1.29 is 22.9 Å². The Hall–Kier alpha value is -2.24. The molecular weight excluding hydrogens is 436 g/mol. The Morgan fingerprint density at radius 2 is 2.00 bits per heavy atom. The van der Waals surface area contributed by atoms with Gasteiger partial charge in [-0.1, -0.05) is 25.4 Å². The number of halogens is 1. The van der Waals surface area contributed by atoms with Gasteiger partial charge in [0, 0.05) is 31.3 Å². The highest BCUT2D eigenvalue weighted by molar-refractivity contribution is 7.88. The molecule has 12 heteroatoms. The second-order valence-corrected chi connectivity index (χ2v) is 9.97. The van der Waals surface area contributed by atoms with E-state index in [1.165, 1.54) is 10.4 Å². The van der Waals surface area contributed by atoms with E-state index in [0.29, 0.717) is 19.4 Å². The highest BCUT2D eigenvalue weighted by atomic mass is 35.5. The fourth-order valence-electron chi connectivity index (χ4n) is 3.21. The molecule has 0 aromatic heterocycles. The summed E-state index contributed by atoms with van der Waals surface area (Å²) in [5.41, 5.74) is -0.232. The molecule has 2 rings (SSSR count). The van der Waals surface area contributed by atoms with E-state index < -0.39 is 32.8 Å². The molecule has 1 aliphatic heterocycles. The van der Waals surface area contributed by atoms with Crippen LogP contribution < -0.4 is 10.6 Å². The van der Waals surface area contributed by atoms with Crippen molar-refractivity contribution in [2.45, 2.75) is 38.8 Å². The average Bonchev–Trinajstić information content (AvgIpc) is 2.64. The fraction of sp³-hybridized carbons (Fsp3) is 0.556. The van der Waals surface area contributed by atoms with Gasteiger partial charge in [-0.15, -0.1) is 0 Å². The number of hydrogen-bond acceptors (Lipinski definition) is 6. The lowest BCUT2D eigenvalue weighted by molar-refractivity contribution is -0.384. The Morgan fingerprint density at radius 3 is 2.53 bits per heavy atom. The minimum absolute atomic E-state index is 0.0154. The third-order valence-corrected chi connectivity index (χ3v) is 6.43. The van der Waals surface area contributed by atoms with Gasteiger partial charge in [-0.3, -0.25) is 19.7 Å². The number of amides is 2. The summed E-state index contributed by atoms with van der Waals surface area (Å²) >= 11 is 6.00. The van der Waals surface area contributed by atoms with Crippen LogP contribution in [0.1, 0.15) is 37.0 Å². The van der Waals surface area contributed by atoms with Gasteiger partial charge < -0.3 is 10.6 Å². The Balaban J connectivity index is 2.09. The zero-order valence-corrected chi connectivity index (χ0v) is 18.5. The van der Waals surface area contributed by atoms with Crippen molar-refractivity contribution in [2.75, 3.05) is 19.3 Å². The molecule has 0 aliphatic carbocycles.